The molecule has 208 valence electrons. The zero-order chi connectivity index (χ0) is 28.3. The molecule has 0 saturated carbocycles. The Morgan fingerprint density at radius 1 is 0.821 bits per heavy atom. The van der Waals surface area contributed by atoms with Crippen molar-refractivity contribution in [1.82, 2.24) is 14.9 Å². The zero-order valence-corrected chi connectivity index (χ0v) is 23.8. The predicted molar refractivity (Wildman–Crippen MR) is 154 cm³/mol. The molecule has 0 saturated heterocycles. The van der Waals surface area contributed by atoms with Gasteiger partial charge in [-0.2, -0.15) is 0 Å². The van der Waals surface area contributed by atoms with E-state index in [0.717, 1.165) is 16.7 Å². The Morgan fingerprint density at radius 3 is 1.97 bits per heavy atom. The number of rotatable bonds is 14. The van der Waals surface area contributed by atoms with Crippen LogP contribution in [0, 0.1) is 5.92 Å². The molecule has 3 rings (SSSR count). The van der Waals surface area contributed by atoms with Crippen molar-refractivity contribution in [2.75, 3.05) is 13.1 Å². The summed E-state index contributed by atoms with van der Waals surface area (Å²) in [6, 6.07) is 25.3. The van der Waals surface area contributed by atoms with Gasteiger partial charge in [-0.3, -0.25) is 9.59 Å². The van der Waals surface area contributed by atoms with Gasteiger partial charge in [0.15, 0.2) is 0 Å². The zero-order valence-electron chi connectivity index (χ0n) is 23.0. The van der Waals surface area contributed by atoms with Gasteiger partial charge in [-0.25, -0.2) is 13.1 Å². The molecular weight excluding hydrogens is 510 g/mol. The molecule has 8 heteroatoms. The van der Waals surface area contributed by atoms with Crippen molar-refractivity contribution in [3.63, 3.8) is 0 Å². The Labute approximate surface area is 232 Å². The Morgan fingerprint density at radius 2 is 1.41 bits per heavy atom. The van der Waals surface area contributed by atoms with E-state index in [9.17, 15) is 18.0 Å². The van der Waals surface area contributed by atoms with Crippen LogP contribution in [-0.2, 0) is 39.0 Å². The number of nitrogens with zero attached hydrogens (tertiary/aromatic N) is 1. The number of hydrogen-bond donors (Lipinski definition) is 2. The van der Waals surface area contributed by atoms with Gasteiger partial charge in [-0.1, -0.05) is 93.6 Å². The lowest BCUT2D eigenvalue weighted by Crippen LogP contribution is -2.51. The van der Waals surface area contributed by atoms with E-state index in [-0.39, 0.29) is 29.0 Å². The third-order valence-electron chi connectivity index (χ3n) is 6.35. The van der Waals surface area contributed by atoms with Gasteiger partial charge in [-0.15, -0.1) is 0 Å². The number of amides is 2. The highest BCUT2D eigenvalue weighted by Crippen LogP contribution is 2.18. The van der Waals surface area contributed by atoms with Gasteiger partial charge in [0.25, 0.3) is 0 Å². The summed E-state index contributed by atoms with van der Waals surface area (Å²) < 4.78 is 27.0. The van der Waals surface area contributed by atoms with Gasteiger partial charge in [0, 0.05) is 32.5 Å². The number of carbonyl (C=O) groups is 2. The van der Waals surface area contributed by atoms with E-state index < -0.39 is 16.1 Å². The molecule has 3 aromatic carbocycles. The Bertz CT molecular complexity index is 1290. The van der Waals surface area contributed by atoms with Gasteiger partial charge in [0.1, 0.15) is 6.04 Å². The lowest BCUT2D eigenvalue weighted by Gasteiger charge is -2.32. The average molecular weight is 550 g/mol. The second-order valence-electron chi connectivity index (χ2n) is 10.00. The molecule has 0 aromatic heterocycles. The van der Waals surface area contributed by atoms with E-state index in [2.05, 4.69) is 10.0 Å². The van der Waals surface area contributed by atoms with Crippen molar-refractivity contribution >= 4 is 21.8 Å². The fourth-order valence-electron chi connectivity index (χ4n) is 4.26. The van der Waals surface area contributed by atoms with Crippen LogP contribution in [-0.4, -0.2) is 44.3 Å². The highest BCUT2D eigenvalue weighted by atomic mass is 32.2. The number of aryl methyl sites for hydroxylation is 1. The summed E-state index contributed by atoms with van der Waals surface area (Å²) in [6.45, 7) is 6.95. The normalized spacial score (nSPS) is 12.2. The first kappa shape index (κ1) is 30.1. The van der Waals surface area contributed by atoms with Crippen LogP contribution in [0.4, 0.5) is 0 Å². The van der Waals surface area contributed by atoms with Gasteiger partial charge < -0.3 is 10.2 Å². The van der Waals surface area contributed by atoms with Gasteiger partial charge in [-0.05, 0) is 41.2 Å². The average Bonchev–Trinajstić information content (AvgIpc) is 2.93. The molecule has 2 N–H and O–H groups in total. The van der Waals surface area contributed by atoms with Crippen molar-refractivity contribution in [1.29, 1.82) is 0 Å². The number of carbonyl (C=O) groups excluding carboxylic acids is 2. The van der Waals surface area contributed by atoms with Crippen LogP contribution in [0.3, 0.4) is 0 Å². The Balaban J connectivity index is 1.84. The van der Waals surface area contributed by atoms with Crippen LogP contribution in [0.25, 0.3) is 0 Å². The maximum absolute atomic E-state index is 13.7. The summed E-state index contributed by atoms with van der Waals surface area (Å²) in [4.78, 5) is 29.1. The largest absolute Gasteiger partial charge is 0.354 e. The SMILES string of the molecule is CCNS(=O)(=O)c1ccc(CCC(=O)N(Cc2ccccc2)C(Cc2ccccc2)C(=O)NCC(C)C)cc1. The van der Waals surface area contributed by atoms with E-state index >= 15 is 0 Å². The molecule has 2 amide bonds. The molecular formula is C31H39N3O4S. The molecule has 0 radical (unpaired) electrons. The van der Waals surface area contributed by atoms with Crippen molar-refractivity contribution < 1.29 is 18.0 Å². The first-order valence-corrected chi connectivity index (χ1v) is 14.9. The molecule has 3 aromatic rings. The molecule has 0 aliphatic heterocycles. The minimum Gasteiger partial charge on any atom is -0.354 e. The summed E-state index contributed by atoms with van der Waals surface area (Å²) in [5.41, 5.74) is 2.77. The van der Waals surface area contributed by atoms with E-state index in [1.807, 2.05) is 74.5 Å². The van der Waals surface area contributed by atoms with Crippen LogP contribution in [0.2, 0.25) is 0 Å². The lowest BCUT2D eigenvalue weighted by atomic mass is 10.0. The first-order valence-electron chi connectivity index (χ1n) is 13.4. The smallest absolute Gasteiger partial charge is 0.243 e. The monoisotopic (exact) mass is 549 g/mol. The highest BCUT2D eigenvalue weighted by molar-refractivity contribution is 7.89. The fraction of sp³-hybridized carbons (Fsp3) is 0.355. The summed E-state index contributed by atoms with van der Waals surface area (Å²) in [5, 5.41) is 3.03. The maximum Gasteiger partial charge on any atom is 0.243 e. The summed E-state index contributed by atoms with van der Waals surface area (Å²) >= 11 is 0. The van der Waals surface area contributed by atoms with E-state index in [4.69, 9.17) is 0 Å². The minimum absolute atomic E-state index is 0.135. The molecule has 1 atom stereocenters. The number of hydrogen-bond acceptors (Lipinski definition) is 4. The van der Waals surface area contributed by atoms with Crippen LogP contribution in [0.1, 0.15) is 43.9 Å². The molecule has 0 bridgehead atoms. The van der Waals surface area contributed by atoms with Crippen LogP contribution in [0.5, 0.6) is 0 Å². The summed E-state index contributed by atoms with van der Waals surface area (Å²) in [6.07, 6.45) is 1.02. The van der Waals surface area contributed by atoms with E-state index in [1.54, 1.807) is 36.1 Å². The topological polar surface area (TPSA) is 95.6 Å². The molecule has 0 aliphatic carbocycles. The van der Waals surface area contributed by atoms with Gasteiger partial charge in [0.2, 0.25) is 21.8 Å². The van der Waals surface area contributed by atoms with Crippen LogP contribution < -0.4 is 10.0 Å². The third-order valence-corrected chi connectivity index (χ3v) is 7.91. The predicted octanol–water partition coefficient (Wildman–Crippen LogP) is 4.33. The minimum atomic E-state index is -3.54. The Kier molecular flexibility index (Phi) is 11.3. The van der Waals surface area contributed by atoms with Gasteiger partial charge >= 0.3 is 0 Å². The summed E-state index contributed by atoms with van der Waals surface area (Å²) in [5.74, 6) is -0.0254. The highest BCUT2D eigenvalue weighted by Gasteiger charge is 2.30. The number of nitrogens with one attached hydrogen (secondary N) is 2. The van der Waals surface area contributed by atoms with Crippen LogP contribution in [0.15, 0.2) is 89.8 Å². The van der Waals surface area contributed by atoms with Crippen molar-refractivity contribution in [3.8, 4) is 0 Å². The maximum atomic E-state index is 13.7. The molecule has 7 nitrogen and oxygen atoms in total. The van der Waals surface area contributed by atoms with Crippen molar-refractivity contribution in [3.05, 3.63) is 102 Å². The summed E-state index contributed by atoms with van der Waals surface area (Å²) in [7, 11) is -3.54. The molecule has 0 aliphatic rings. The third kappa shape index (κ3) is 9.33. The number of sulfonamides is 1. The molecule has 1 unspecified atom stereocenters. The van der Waals surface area contributed by atoms with Crippen molar-refractivity contribution in [2.24, 2.45) is 5.92 Å². The Hall–Kier alpha value is -3.49. The van der Waals surface area contributed by atoms with Crippen LogP contribution >= 0.6 is 0 Å². The van der Waals surface area contributed by atoms with Crippen molar-refractivity contribution in [2.45, 2.75) is 57.5 Å². The van der Waals surface area contributed by atoms with E-state index in [1.165, 1.54) is 0 Å². The second-order valence-corrected chi connectivity index (χ2v) is 11.8. The molecule has 0 fully saturated rings. The molecule has 0 heterocycles. The second kappa shape index (κ2) is 14.6. The standard InChI is InChI=1S/C31H39N3O4S/c1-4-33-39(37,38)28-18-15-25(16-19-28)17-20-30(35)34(23-27-13-9-6-10-14-27)29(31(36)32-22-24(2)3)21-26-11-7-5-8-12-26/h5-16,18-19,24,29,33H,4,17,20-23H2,1-3H3,(H,32,36). The fourth-order valence-corrected chi connectivity index (χ4v) is 5.30. The van der Waals surface area contributed by atoms with E-state index in [0.29, 0.717) is 32.5 Å². The molecule has 39 heavy (non-hydrogen) atoms. The molecule has 0 spiro atoms. The lowest BCUT2D eigenvalue weighted by molar-refractivity contribution is -0.141. The first-order chi connectivity index (χ1) is 18.7. The van der Waals surface area contributed by atoms with Gasteiger partial charge in [0.05, 0.1) is 4.90 Å². The number of benzene rings is 3. The quantitative estimate of drug-likeness (QED) is 0.313.